The van der Waals surface area contributed by atoms with Crippen LogP contribution in [0.4, 0.5) is 0 Å². The largest absolute Gasteiger partial charge is 0.355 e. The third-order valence-corrected chi connectivity index (χ3v) is 7.85. The second kappa shape index (κ2) is 9.12. The molecule has 10 heteroatoms. The summed E-state index contributed by atoms with van der Waals surface area (Å²) in [6.45, 7) is 1.61. The summed E-state index contributed by atoms with van der Waals surface area (Å²) in [6.07, 6.45) is 2.51. The van der Waals surface area contributed by atoms with E-state index >= 15 is 0 Å². The average Bonchev–Trinajstić information content (AvgIpc) is 3.18. The topological polar surface area (TPSA) is 82.6 Å². The second-order valence-corrected chi connectivity index (χ2v) is 10.1. The van der Waals surface area contributed by atoms with E-state index < -0.39 is 10.0 Å². The summed E-state index contributed by atoms with van der Waals surface area (Å²) in [6, 6.07) is 3.08. The van der Waals surface area contributed by atoms with Crippen LogP contribution in [0.1, 0.15) is 12.8 Å². The first-order valence-electron chi connectivity index (χ1n) is 7.32. The van der Waals surface area contributed by atoms with Crippen molar-refractivity contribution in [1.29, 1.82) is 0 Å². The number of hydrogen-bond donors (Lipinski definition) is 3. The van der Waals surface area contributed by atoms with Gasteiger partial charge in [-0.1, -0.05) is 11.6 Å². The molecule has 0 spiro atoms. The summed E-state index contributed by atoms with van der Waals surface area (Å²) in [5, 5.41) is 7.01. The summed E-state index contributed by atoms with van der Waals surface area (Å²) < 4.78 is 27.3. The van der Waals surface area contributed by atoms with E-state index in [1.807, 2.05) is 11.8 Å². The van der Waals surface area contributed by atoms with E-state index in [0.29, 0.717) is 22.1 Å². The maximum absolute atomic E-state index is 12.0. The molecule has 1 atom stereocenters. The molecule has 1 aliphatic heterocycles. The molecule has 1 unspecified atom stereocenters. The highest BCUT2D eigenvalue weighted by Crippen LogP contribution is 2.25. The van der Waals surface area contributed by atoms with Crippen LogP contribution < -0.4 is 15.4 Å². The van der Waals surface area contributed by atoms with Crippen molar-refractivity contribution in [1.82, 2.24) is 15.4 Å². The lowest BCUT2D eigenvalue weighted by Crippen LogP contribution is -2.43. The predicted octanol–water partition coefficient (Wildman–Crippen LogP) is 1.74. The average molecular weight is 397 g/mol. The second-order valence-electron chi connectivity index (χ2n) is 4.97. The van der Waals surface area contributed by atoms with Gasteiger partial charge in [0.15, 0.2) is 5.96 Å². The Bertz CT molecular complexity index is 627. The van der Waals surface area contributed by atoms with Crippen LogP contribution in [0.15, 0.2) is 21.3 Å². The van der Waals surface area contributed by atoms with Crippen molar-refractivity contribution in [2.75, 3.05) is 32.4 Å². The quantitative estimate of drug-likeness (QED) is 0.371. The number of halogens is 1. The van der Waals surface area contributed by atoms with Crippen molar-refractivity contribution < 1.29 is 8.42 Å². The zero-order chi connectivity index (χ0) is 16.7. The molecule has 1 fully saturated rings. The minimum atomic E-state index is -3.49. The lowest BCUT2D eigenvalue weighted by molar-refractivity contribution is 0.582. The van der Waals surface area contributed by atoms with E-state index in [0.717, 1.165) is 17.9 Å². The van der Waals surface area contributed by atoms with Crippen molar-refractivity contribution in [3.63, 3.8) is 0 Å². The van der Waals surface area contributed by atoms with Crippen LogP contribution >= 0.6 is 34.7 Å². The van der Waals surface area contributed by atoms with Gasteiger partial charge in [-0.3, -0.25) is 4.99 Å². The number of thiophene rings is 1. The Balaban J connectivity index is 1.68. The number of rotatable bonds is 7. The molecule has 2 rings (SSSR count). The van der Waals surface area contributed by atoms with Crippen LogP contribution in [-0.4, -0.2) is 52.1 Å². The number of sulfonamides is 1. The fourth-order valence-electron chi connectivity index (χ4n) is 2.12. The van der Waals surface area contributed by atoms with Crippen molar-refractivity contribution in [3.05, 3.63) is 16.5 Å². The zero-order valence-corrected chi connectivity index (χ0v) is 16.0. The Hall–Kier alpha value is -0.480. The molecule has 1 aliphatic rings. The number of nitrogens with zero attached hydrogens (tertiary/aromatic N) is 1. The first kappa shape index (κ1) is 18.9. The Morgan fingerprint density at radius 3 is 2.83 bits per heavy atom. The molecular formula is C13H21ClN4O2S3. The van der Waals surface area contributed by atoms with Gasteiger partial charge in [0.2, 0.25) is 10.0 Å². The van der Waals surface area contributed by atoms with Crippen LogP contribution in [0.2, 0.25) is 4.34 Å². The van der Waals surface area contributed by atoms with Crippen molar-refractivity contribution in [2.24, 2.45) is 4.99 Å². The monoisotopic (exact) mass is 396 g/mol. The standard InChI is InChI=1S/C13H21ClN4O2S3/c1-15-13(17-9-10-3-2-8-21-10)16-6-7-18-23(19,20)12-5-4-11(14)22-12/h4-5,10,18H,2-3,6-9H2,1H3,(H2,15,16,17). The van der Waals surface area contributed by atoms with Gasteiger partial charge in [0, 0.05) is 31.9 Å². The minimum absolute atomic E-state index is 0.225. The van der Waals surface area contributed by atoms with E-state index in [2.05, 4.69) is 20.3 Å². The number of thioether (sulfide) groups is 1. The van der Waals surface area contributed by atoms with E-state index in [9.17, 15) is 8.42 Å². The molecule has 0 aliphatic carbocycles. The number of hydrogen-bond acceptors (Lipinski definition) is 5. The molecule has 23 heavy (non-hydrogen) atoms. The van der Waals surface area contributed by atoms with E-state index in [-0.39, 0.29) is 10.8 Å². The van der Waals surface area contributed by atoms with E-state index in [1.54, 1.807) is 13.1 Å². The summed E-state index contributed by atoms with van der Waals surface area (Å²) in [5.41, 5.74) is 0. The normalized spacial score (nSPS) is 19.0. The molecule has 0 saturated carbocycles. The lowest BCUT2D eigenvalue weighted by Gasteiger charge is -2.14. The van der Waals surface area contributed by atoms with Crippen LogP contribution in [-0.2, 0) is 10.0 Å². The molecule has 3 N–H and O–H groups in total. The van der Waals surface area contributed by atoms with Gasteiger partial charge in [-0.25, -0.2) is 13.1 Å². The van der Waals surface area contributed by atoms with Crippen LogP contribution in [0.25, 0.3) is 0 Å². The highest BCUT2D eigenvalue weighted by molar-refractivity contribution is 8.00. The Morgan fingerprint density at radius 2 is 2.22 bits per heavy atom. The van der Waals surface area contributed by atoms with Crippen LogP contribution in [0, 0.1) is 0 Å². The Kier molecular flexibility index (Phi) is 7.48. The molecule has 1 aromatic heterocycles. The molecule has 130 valence electrons. The highest BCUT2D eigenvalue weighted by Gasteiger charge is 2.17. The maximum atomic E-state index is 12.0. The smallest absolute Gasteiger partial charge is 0.250 e. The van der Waals surface area contributed by atoms with Gasteiger partial charge in [-0.05, 0) is 30.7 Å². The van der Waals surface area contributed by atoms with Crippen LogP contribution in [0.3, 0.4) is 0 Å². The summed E-state index contributed by atoms with van der Waals surface area (Å²) in [5.74, 6) is 1.92. The summed E-state index contributed by atoms with van der Waals surface area (Å²) >= 11 is 8.79. The van der Waals surface area contributed by atoms with Gasteiger partial charge >= 0.3 is 0 Å². The molecule has 0 radical (unpaired) electrons. The van der Waals surface area contributed by atoms with Gasteiger partial charge < -0.3 is 10.6 Å². The van der Waals surface area contributed by atoms with E-state index in [1.165, 1.54) is 24.7 Å². The minimum Gasteiger partial charge on any atom is -0.355 e. The fourth-order valence-corrected chi connectivity index (χ4v) is 5.88. The Labute approximate surface area is 150 Å². The van der Waals surface area contributed by atoms with Gasteiger partial charge in [0.1, 0.15) is 4.21 Å². The van der Waals surface area contributed by atoms with Crippen molar-refractivity contribution in [2.45, 2.75) is 22.3 Å². The molecule has 0 aromatic carbocycles. The van der Waals surface area contributed by atoms with Gasteiger partial charge in [-0.2, -0.15) is 11.8 Å². The van der Waals surface area contributed by atoms with Gasteiger partial charge in [0.25, 0.3) is 0 Å². The third kappa shape index (κ3) is 6.15. The maximum Gasteiger partial charge on any atom is 0.250 e. The SMILES string of the molecule is CN=C(NCCNS(=O)(=O)c1ccc(Cl)s1)NCC1CCCS1. The first-order chi connectivity index (χ1) is 11.0. The molecule has 2 heterocycles. The zero-order valence-electron chi connectivity index (χ0n) is 12.8. The summed E-state index contributed by atoms with van der Waals surface area (Å²) in [7, 11) is -1.79. The van der Waals surface area contributed by atoms with Crippen molar-refractivity contribution in [3.8, 4) is 0 Å². The number of nitrogens with one attached hydrogen (secondary N) is 3. The van der Waals surface area contributed by atoms with E-state index in [4.69, 9.17) is 11.6 Å². The first-order valence-corrected chi connectivity index (χ1v) is 11.0. The fraction of sp³-hybridized carbons (Fsp3) is 0.615. The van der Waals surface area contributed by atoms with Crippen LogP contribution in [0.5, 0.6) is 0 Å². The molecule has 1 saturated heterocycles. The Morgan fingerprint density at radius 1 is 1.39 bits per heavy atom. The third-order valence-electron chi connectivity index (χ3n) is 3.27. The van der Waals surface area contributed by atoms with Crippen molar-refractivity contribution >= 4 is 50.7 Å². The molecule has 6 nitrogen and oxygen atoms in total. The number of aliphatic imine (C=N–C) groups is 1. The molecule has 0 bridgehead atoms. The molecular weight excluding hydrogens is 376 g/mol. The molecule has 1 aromatic rings. The molecule has 0 amide bonds. The predicted molar refractivity (Wildman–Crippen MR) is 99.4 cm³/mol. The van der Waals surface area contributed by atoms with Gasteiger partial charge in [0.05, 0.1) is 4.34 Å². The lowest BCUT2D eigenvalue weighted by atomic mass is 10.2. The van der Waals surface area contributed by atoms with Gasteiger partial charge in [-0.15, -0.1) is 11.3 Å². The number of guanidine groups is 1. The highest BCUT2D eigenvalue weighted by atomic mass is 35.5. The summed E-state index contributed by atoms with van der Waals surface area (Å²) in [4.78, 5) is 4.14.